The maximum atomic E-state index is 12.0. The molecular formula is C24H19Cl2N3O3S. The van der Waals surface area contributed by atoms with E-state index in [0.29, 0.717) is 15.6 Å². The fourth-order valence-corrected chi connectivity index (χ4v) is 5.12. The van der Waals surface area contributed by atoms with Crippen LogP contribution < -0.4 is 9.62 Å². The molecule has 6 nitrogen and oxygen atoms in total. The number of fused-ring (bicyclic) bond motifs is 1. The number of rotatable bonds is 7. The molecule has 0 fully saturated rings. The van der Waals surface area contributed by atoms with Gasteiger partial charge in [-0.1, -0.05) is 29.3 Å². The molecule has 0 aliphatic rings. The van der Waals surface area contributed by atoms with Crippen molar-refractivity contribution in [1.29, 1.82) is 0 Å². The lowest BCUT2D eigenvalue weighted by molar-refractivity contribution is -0.135. The highest BCUT2D eigenvalue weighted by Crippen LogP contribution is 2.34. The lowest BCUT2D eigenvalue weighted by atomic mass is 10.2. The molecule has 2 N–H and O–H groups in total. The second kappa shape index (κ2) is 9.79. The summed E-state index contributed by atoms with van der Waals surface area (Å²) in [6.45, 7) is -0.213. The van der Waals surface area contributed by atoms with Crippen molar-refractivity contribution in [2.45, 2.75) is 4.90 Å². The Morgan fingerprint density at radius 1 is 1.03 bits per heavy atom. The van der Waals surface area contributed by atoms with Crippen LogP contribution in [0.5, 0.6) is 0 Å². The highest BCUT2D eigenvalue weighted by atomic mass is 35.5. The molecule has 1 aromatic heterocycles. The fraction of sp³-hybridized carbons (Fsp3) is 0.0833. The normalized spacial score (nSPS) is 10.9. The number of carboxylic acids is 1. The standard InChI is InChI=1S/C24H19Cl2N3O3S/c1-27-24(32)16-3-2-4-19(10-16)28-8-7-15-9-20(5-6-22(15)28)29(14-23(30)31)33-21-12-17(25)11-18(26)13-21/h2-13H,14H2,1H3,(H,27,32)(H,30,31). The first-order valence-corrected chi connectivity index (χ1v) is 11.4. The smallest absolute Gasteiger partial charge is 0.324 e. The van der Waals surface area contributed by atoms with Gasteiger partial charge in [-0.15, -0.1) is 0 Å². The lowest BCUT2D eigenvalue weighted by Crippen LogP contribution is -2.22. The number of aliphatic carboxylic acids is 1. The molecule has 0 unspecified atom stereocenters. The number of anilines is 1. The number of aromatic nitrogens is 1. The zero-order valence-electron chi connectivity index (χ0n) is 17.5. The Morgan fingerprint density at radius 2 is 1.79 bits per heavy atom. The van der Waals surface area contributed by atoms with E-state index in [-0.39, 0.29) is 12.5 Å². The zero-order valence-corrected chi connectivity index (χ0v) is 19.8. The third kappa shape index (κ3) is 5.27. The highest BCUT2D eigenvalue weighted by Gasteiger charge is 2.16. The third-order valence-corrected chi connectivity index (χ3v) is 6.35. The van der Waals surface area contributed by atoms with Crippen LogP contribution in [0.15, 0.2) is 77.8 Å². The summed E-state index contributed by atoms with van der Waals surface area (Å²) in [5.74, 6) is -1.11. The van der Waals surface area contributed by atoms with E-state index in [1.54, 1.807) is 35.6 Å². The summed E-state index contributed by atoms with van der Waals surface area (Å²) in [4.78, 5) is 24.3. The van der Waals surface area contributed by atoms with Gasteiger partial charge in [-0.25, -0.2) is 0 Å². The average Bonchev–Trinajstić information content (AvgIpc) is 3.20. The first kappa shape index (κ1) is 23.0. The SMILES string of the molecule is CNC(=O)c1cccc(-n2ccc3cc(N(CC(=O)O)Sc4cc(Cl)cc(Cl)c4)ccc32)c1. The molecule has 4 aromatic rings. The number of benzene rings is 3. The highest BCUT2D eigenvalue weighted by molar-refractivity contribution is 8.00. The van der Waals surface area contributed by atoms with Crippen molar-refractivity contribution in [2.75, 3.05) is 17.9 Å². The number of halogens is 2. The zero-order chi connectivity index (χ0) is 23.5. The van der Waals surface area contributed by atoms with Gasteiger partial charge in [0.2, 0.25) is 0 Å². The minimum atomic E-state index is -0.959. The van der Waals surface area contributed by atoms with E-state index in [1.165, 1.54) is 11.9 Å². The lowest BCUT2D eigenvalue weighted by Gasteiger charge is -2.22. The Kier molecular flexibility index (Phi) is 6.83. The number of nitrogens with zero attached hydrogens (tertiary/aromatic N) is 2. The van der Waals surface area contributed by atoms with Gasteiger partial charge in [0.15, 0.2) is 0 Å². The van der Waals surface area contributed by atoms with E-state index in [9.17, 15) is 14.7 Å². The summed E-state index contributed by atoms with van der Waals surface area (Å²) in [5.41, 5.74) is 3.07. The summed E-state index contributed by atoms with van der Waals surface area (Å²) < 4.78 is 3.66. The van der Waals surface area contributed by atoms with E-state index < -0.39 is 5.97 Å². The van der Waals surface area contributed by atoms with Gasteiger partial charge >= 0.3 is 5.97 Å². The number of carboxylic acid groups (broad SMARTS) is 1. The van der Waals surface area contributed by atoms with E-state index in [4.69, 9.17) is 23.2 Å². The molecule has 0 saturated carbocycles. The Hall–Kier alpha value is -3.13. The van der Waals surface area contributed by atoms with Crippen LogP contribution in [0.4, 0.5) is 5.69 Å². The van der Waals surface area contributed by atoms with Gasteiger partial charge in [-0.3, -0.25) is 9.59 Å². The van der Waals surface area contributed by atoms with Gasteiger partial charge in [-0.05, 0) is 72.6 Å². The Bertz CT molecular complexity index is 1340. The molecule has 3 aromatic carbocycles. The first-order chi connectivity index (χ1) is 15.8. The summed E-state index contributed by atoms with van der Waals surface area (Å²) in [5, 5.41) is 14.0. The maximum absolute atomic E-state index is 12.0. The van der Waals surface area contributed by atoms with Crippen molar-refractivity contribution in [3.05, 3.63) is 88.5 Å². The summed E-state index contributed by atoms with van der Waals surface area (Å²) >= 11 is 13.5. The number of amides is 1. The second-order valence-corrected chi connectivity index (χ2v) is 9.15. The van der Waals surface area contributed by atoms with Crippen LogP contribution in [0.2, 0.25) is 10.0 Å². The summed E-state index contributed by atoms with van der Waals surface area (Å²) in [6, 6.07) is 20.1. The number of hydrogen-bond acceptors (Lipinski definition) is 4. The number of hydrogen-bond donors (Lipinski definition) is 2. The minimum Gasteiger partial charge on any atom is -0.480 e. The van der Waals surface area contributed by atoms with Crippen LogP contribution in [0, 0.1) is 0 Å². The molecule has 9 heteroatoms. The van der Waals surface area contributed by atoms with Crippen molar-refractivity contribution in [1.82, 2.24) is 9.88 Å². The van der Waals surface area contributed by atoms with Crippen LogP contribution in [0.3, 0.4) is 0 Å². The minimum absolute atomic E-state index is 0.155. The molecular weight excluding hydrogens is 481 g/mol. The predicted octanol–water partition coefficient (Wildman–Crippen LogP) is 5.90. The molecule has 0 spiro atoms. The molecule has 33 heavy (non-hydrogen) atoms. The number of carbonyl (C=O) groups is 2. The largest absolute Gasteiger partial charge is 0.480 e. The quantitative estimate of drug-likeness (QED) is 0.310. The van der Waals surface area contributed by atoms with E-state index in [1.807, 2.05) is 53.2 Å². The molecule has 168 valence electrons. The predicted molar refractivity (Wildman–Crippen MR) is 134 cm³/mol. The van der Waals surface area contributed by atoms with Gasteiger partial charge in [0, 0.05) is 50.5 Å². The number of nitrogens with one attached hydrogen (secondary N) is 1. The van der Waals surface area contributed by atoms with Crippen LogP contribution >= 0.6 is 35.1 Å². The molecule has 0 saturated heterocycles. The third-order valence-electron chi connectivity index (χ3n) is 4.91. The van der Waals surface area contributed by atoms with Crippen molar-refractivity contribution in [3.8, 4) is 5.69 Å². The van der Waals surface area contributed by atoms with Crippen LogP contribution in [-0.2, 0) is 4.79 Å². The van der Waals surface area contributed by atoms with Gasteiger partial charge in [0.05, 0.1) is 5.52 Å². The monoisotopic (exact) mass is 499 g/mol. The Labute approximate surface area is 204 Å². The van der Waals surface area contributed by atoms with Crippen LogP contribution in [-0.4, -0.2) is 35.1 Å². The van der Waals surface area contributed by atoms with E-state index in [2.05, 4.69) is 5.32 Å². The molecule has 4 rings (SSSR count). The maximum Gasteiger partial charge on any atom is 0.324 e. The van der Waals surface area contributed by atoms with Gasteiger partial charge in [-0.2, -0.15) is 0 Å². The Morgan fingerprint density at radius 3 is 2.48 bits per heavy atom. The van der Waals surface area contributed by atoms with E-state index >= 15 is 0 Å². The van der Waals surface area contributed by atoms with Gasteiger partial charge in [0.25, 0.3) is 5.91 Å². The van der Waals surface area contributed by atoms with Crippen molar-refractivity contribution in [3.63, 3.8) is 0 Å². The molecule has 0 aliphatic heterocycles. The topological polar surface area (TPSA) is 74.6 Å². The van der Waals surface area contributed by atoms with Crippen molar-refractivity contribution < 1.29 is 14.7 Å². The first-order valence-electron chi connectivity index (χ1n) is 9.91. The van der Waals surface area contributed by atoms with Crippen LogP contribution in [0.25, 0.3) is 16.6 Å². The molecule has 0 atom stereocenters. The molecule has 0 radical (unpaired) electrons. The van der Waals surface area contributed by atoms with Crippen molar-refractivity contribution in [2.24, 2.45) is 0 Å². The molecule has 1 heterocycles. The molecule has 0 aliphatic carbocycles. The van der Waals surface area contributed by atoms with E-state index in [0.717, 1.165) is 27.2 Å². The second-order valence-electron chi connectivity index (χ2n) is 7.19. The average molecular weight is 500 g/mol. The Balaban J connectivity index is 1.69. The van der Waals surface area contributed by atoms with Crippen LogP contribution in [0.1, 0.15) is 10.4 Å². The molecule has 1 amide bonds. The number of carbonyl (C=O) groups excluding carboxylic acids is 1. The van der Waals surface area contributed by atoms with Crippen molar-refractivity contribution >= 4 is 63.6 Å². The summed E-state index contributed by atoms with van der Waals surface area (Å²) in [7, 11) is 1.60. The van der Waals surface area contributed by atoms with Gasteiger partial charge < -0.3 is 19.3 Å². The fourth-order valence-electron chi connectivity index (χ4n) is 3.46. The van der Waals surface area contributed by atoms with Gasteiger partial charge in [0.1, 0.15) is 6.54 Å². The molecule has 0 bridgehead atoms. The summed E-state index contributed by atoms with van der Waals surface area (Å²) in [6.07, 6.45) is 1.92.